The highest BCUT2D eigenvalue weighted by Crippen LogP contribution is 2.58. The molecular weight excluding hydrogens is 606 g/mol. The molecule has 3 aromatic rings. The molecular formula is C21H26N6O9P2S2. The van der Waals surface area contributed by atoms with E-state index < -0.39 is 49.5 Å². The van der Waals surface area contributed by atoms with Crippen molar-refractivity contribution in [2.45, 2.75) is 50.4 Å². The van der Waals surface area contributed by atoms with Gasteiger partial charge in [0, 0.05) is 30.5 Å². The smallest absolute Gasteiger partial charge is 0.386 e. The normalized spacial score (nSPS) is 38.7. The van der Waals surface area contributed by atoms with Crippen LogP contribution in [-0.4, -0.2) is 72.0 Å². The van der Waals surface area contributed by atoms with E-state index in [1.165, 1.54) is 23.5 Å². The van der Waals surface area contributed by atoms with Crippen LogP contribution in [0.5, 0.6) is 5.88 Å². The van der Waals surface area contributed by atoms with Crippen LogP contribution in [0.2, 0.25) is 0 Å². The van der Waals surface area contributed by atoms with Crippen LogP contribution in [-0.2, 0) is 39.2 Å². The average Bonchev–Trinajstić information content (AvgIpc) is 3.58. The summed E-state index contributed by atoms with van der Waals surface area (Å²) in [4.78, 5) is 42.1. The third-order valence-electron chi connectivity index (χ3n) is 7.15. The van der Waals surface area contributed by atoms with E-state index in [0.717, 1.165) is 0 Å². The molecule has 1 aliphatic carbocycles. The third kappa shape index (κ3) is 5.91. The minimum Gasteiger partial charge on any atom is -0.474 e. The Kier molecular flexibility index (Phi) is 7.89. The molecule has 3 fully saturated rings. The lowest BCUT2D eigenvalue weighted by Crippen LogP contribution is -2.28. The minimum atomic E-state index is -3.87. The number of ether oxygens (including phenoxy) is 2. The van der Waals surface area contributed by atoms with Gasteiger partial charge in [-0.1, -0.05) is 19.2 Å². The van der Waals surface area contributed by atoms with E-state index in [1.54, 1.807) is 19.2 Å². The third-order valence-corrected chi connectivity index (χ3v) is 10.3. The molecule has 216 valence electrons. The first-order valence-corrected chi connectivity index (χ1v) is 17.7. The number of hydrogen-bond donors (Lipinski definition) is 3. The molecule has 0 spiro atoms. The Morgan fingerprint density at radius 2 is 2.05 bits per heavy atom. The second kappa shape index (κ2) is 11.1. The average molecular weight is 633 g/mol. The summed E-state index contributed by atoms with van der Waals surface area (Å²) in [7, 11) is 0. The van der Waals surface area contributed by atoms with Crippen molar-refractivity contribution < 1.29 is 37.0 Å². The number of fused-ring (bicyclic) bond motifs is 4. The number of aromatic amines is 1. The fraction of sp³-hybridized carbons (Fsp3) is 0.571. The molecule has 3 aromatic heterocycles. The van der Waals surface area contributed by atoms with Crippen molar-refractivity contribution in [1.82, 2.24) is 29.5 Å². The van der Waals surface area contributed by atoms with Gasteiger partial charge in [0.1, 0.15) is 18.5 Å². The van der Waals surface area contributed by atoms with Gasteiger partial charge in [0.2, 0.25) is 5.88 Å². The lowest BCUT2D eigenvalue weighted by atomic mass is 10.0. The first kappa shape index (κ1) is 28.3. The number of hydrogen-bond acceptors (Lipinski definition) is 13. The number of rotatable bonds is 3. The molecule has 0 radical (unpaired) electrons. The monoisotopic (exact) mass is 632 g/mol. The highest BCUT2D eigenvalue weighted by Gasteiger charge is 2.49. The number of nitrogens with one attached hydrogen (secondary N) is 1. The van der Waals surface area contributed by atoms with E-state index >= 15 is 0 Å². The molecule has 5 heterocycles. The Balaban J connectivity index is 1.27. The van der Waals surface area contributed by atoms with E-state index in [-0.39, 0.29) is 36.4 Å². The van der Waals surface area contributed by atoms with Gasteiger partial charge in [-0.2, -0.15) is 0 Å². The topological polar surface area (TPSA) is 182 Å². The maximum absolute atomic E-state index is 13.3. The number of aromatic nitrogens is 6. The van der Waals surface area contributed by atoms with Crippen molar-refractivity contribution in [2.24, 2.45) is 11.8 Å². The maximum Gasteiger partial charge on any atom is 0.386 e. The van der Waals surface area contributed by atoms with Crippen LogP contribution in [0.15, 0.2) is 36.0 Å². The second-order valence-electron chi connectivity index (χ2n) is 9.74. The summed E-state index contributed by atoms with van der Waals surface area (Å²) in [6.07, 6.45) is 2.95. The summed E-state index contributed by atoms with van der Waals surface area (Å²) in [6.45, 7) is -6.11. The van der Waals surface area contributed by atoms with E-state index in [9.17, 15) is 14.3 Å². The Hall–Kier alpha value is -1.78. The summed E-state index contributed by atoms with van der Waals surface area (Å²) in [5.74, 6) is -0.417. The number of thiol groups is 1. The molecule has 0 amide bonds. The van der Waals surface area contributed by atoms with Gasteiger partial charge in [0.05, 0.1) is 38.1 Å². The lowest BCUT2D eigenvalue weighted by molar-refractivity contribution is -0.0477. The summed E-state index contributed by atoms with van der Waals surface area (Å²) in [5, 5.41) is 0. The maximum atomic E-state index is 13.3. The predicted molar refractivity (Wildman–Crippen MR) is 145 cm³/mol. The number of H-pyrrole nitrogens is 1. The van der Waals surface area contributed by atoms with Crippen molar-refractivity contribution in [3.63, 3.8) is 0 Å². The summed E-state index contributed by atoms with van der Waals surface area (Å²) in [5.41, 5.74) is -0.0761. The Labute approximate surface area is 237 Å². The molecule has 19 heteroatoms. The first-order chi connectivity index (χ1) is 19.1. The molecule has 0 aromatic carbocycles. The summed E-state index contributed by atoms with van der Waals surface area (Å²) >= 11 is 9.60. The quantitative estimate of drug-likeness (QED) is 0.283. The molecule has 1 saturated carbocycles. The van der Waals surface area contributed by atoms with Gasteiger partial charge in [-0.15, -0.1) is 0 Å². The predicted octanol–water partition coefficient (Wildman–Crippen LogP) is 2.37. The fourth-order valence-electron chi connectivity index (χ4n) is 5.16. The van der Waals surface area contributed by atoms with E-state index in [1.807, 2.05) is 0 Å². The molecule has 40 heavy (non-hydrogen) atoms. The SMILES string of the molecule is C[C@H]1[C@H]2OP(O)(=S)OC[C@H]3C[C@@H](Oc4ccncn4)C[C@@H]3OP(=O)(S)OC[C@H]1O[C@H]2n1cnc2c(=O)[nH]cnc21. The van der Waals surface area contributed by atoms with E-state index in [0.29, 0.717) is 18.7 Å². The van der Waals surface area contributed by atoms with Crippen LogP contribution < -0.4 is 10.3 Å². The lowest BCUT2D eigenvalue weighted by Gasteiger charge is -2.28. The molecule has 2 saturated heterocycles. The Bertz CT molecular complexity index is 1530. The first-order valence-electron chi connectivity index (χ1n) is 12.4. The zero-order valence-corrected chi connectivity index (χ0v) is 24.5. The van der Waals surface area contributed by atoms with Gasteiger partial charge in [0.15, 0.2) is 17.4 Å². The zero-order valence-electron chi connectivity index (χ0n) is 21.0. The van der Waals surface area contributed by atoms with Gasteiger partial charge in [0.25, 0.3) is 5.56 Å². The standard InChI is InChI=1S/C21H26N6O9P2S2/c1-11-15-7-32-37(29,39)35-14-5-13(33-16-2-3-22-8-23-16)4-12(14)6-31-38(30,40)36-18(11)21(34-15)27-10-26-17-19(27)24-9-25-20(17)28/h2-3,8-15,18,21H,4-7H2,1H3,(H,29,39)(H,30,40)(H,24,25,28)/t11-,12-,13-,14+,15-,18-,21-,37?,38?/m1/s1. The molecule has 9 atom stereocenters. The largest absolute Gasteiger partial charge is 0.474 e. The molecule has 15 nitrogen and oxygen atoms in total. The van der Waals surface area contributed by atoms with Crippen molar-refractivity contribution in [1.29, 1.82) is 0 Å². The molecule has 2 bridgehead atoms. The molecule has 6 rings (SSSR count). The highest BCUT2D eigenvalue weighted by molar-refractivity contribution is 8.44. The van der Waals surface area contributed by atoms with Crippen LogP contribution in [0.4, 0.5) is 0 Å². The van der Waals surface area contributed by atoms with Crippen LogP contribution >= 0.6 is 25.8 Å². The molecule has 2 unspecified atom stereocenters. The van der Waals surface area contributed by atoms with Gasteiger partial charge >= 0.3 is 13.5 Å². The van der Waals surface area contributed by atoms with Gasteiger partial charge in [-0.05, 0) is 18.2 Å². The van der Waals surface area contributed by atoms with Crippen molar-refractivity contribution in [3.8, 4) is 5.88 Å². The molecule has 2 N–H and O–H groups in total. The van der Waals surface area contributed by atoms with Crippen molar-refractivity contribution in [2.75, 3.05) is 13.2 Å². The van der Waals surface area contributed by atoms with Crippen LogP contribution in [0.25, 0.3) is 11.2 Å². The van der Waals surface area contributed by atoms with E-state index in [4.69, 9.17) is 39.4 Å². The van der Waals surface area contributed by atoms with E-state index in [2.05, 4.69) is 37.2 Å². The second-order valence-corrected chi connectivity index (χ2v) is 15.4. The summed E-state index contributed by atoms with van der Waals surface area (Å²) in [6, 6.07) is 1.63. The Morgan fingerprint density at radius 1 is 1.20 bits per heavy atom. The number of imidazole rings is 1. The van der Waals surface area contributed by atoms with Crippen LogP contribution in [0.1, 0.15) is 26.0 Å². The zero-order chi connectivity index (χ0) is 28.1. The fourth-order valence-corrected chi connectivity index (χ4v) is 8.25. The number of nitrogens with zero attached hydrogens (tertiary/aromatic N) is 5. The molecule has 2 aliphatic heterocycles. The van der Waals surface area contributed by atoms with Gasteiger partial charge in [-0.25, -0.2) is 24.5 Å². The van der Waals surface area contributed by atoms with Crippen molar-refractivity contribution >= 4 is 48.7 Å². The van der Waals surface area contributed by atoms with Gasteiger partial charge in [-0.3, -0.25) is 18.4 Å². The molecule has 3 aliphatic rings. The highest BCUT2D eigenvalue weighted by atomic mass is 32.7. The van der Waals surface area contributed by atoms with Crippen LogP contribution in [0.3, 0.4) is 0 Å². The van der Waals surface area contributed by atoms with Crippen molar-refractivity contribution in [3.05, 3.63) is 41.6 Å². The summed E-state index contributed by atoms with van der Waals surface area (Å²) < 4.78 is 50.3. The van der Waals surface area contributed by atoms with Gasteiger partial charge < -0.3 is 28.4 Å². The minimum absolute atomic E-state index is 0.0587. The van der Waals surface area contributed by atoms with Crippen LogP contribution in [0, 0.1) is 11.8 Å². The Morgan fingerprint density at radius 3 is 2.85 bits per heavy atom.